The number of alkyl halides is 3. The molecule has 3 heterocycles. The first-order chi connectivity index (χ1) is 17.7. The average molecular weight is 523 g/mol. The summed E-state index contributed by atoms with van der Waals surface area (Å²) in [6.45, 7) is 4.27. The Morgan fingerprint density at radius 3 is 2.49 bits per heavy atom. The Morgan fingerprint density at radius 2 is 1.86 bits per heavy atom. The molecule has 1 aromatic carbocycles. The zero-order valence-electron chi connectivity index (χ0n) is 21.2. The third kappa shape index (κ3) is 6.44. The number of likely N-dealkylation sites (tertiary alicyclic amines) is 1. The highest BCUT2D eigenvalue weighted by Gasteiger charge is 2.40. The number of ether oxygens (including phenoxy) is 2. The van der Waals surface area contributed by atoms with Crippen molar-refractivity contribution >= 4 is 11.8 Å². The zero-order valence-corrected chi connectivity index (χ0v) is 21.2. The summed E-state index contributed by atoms with van der Waals surface area (Å²) in [4.78, 5) is 29.1. The van der Waals surface area contributed by atoms with Crippen molar-refractivity contribution in [2.45, 2.75) is 63.8 Å². The molecule has 0 saturated carbocycles. The molecule has 4 rings (SSSR count). The Kier molecular flexibility index (Phi) is 8.41. The molecule has 8 nitrogen and oxygen atoms in total. The van der Waals surface area contributed by atoms with Gasteiger partial charge in [-0.15, -0.1) is 0 Å². The van der Waals surface area contributed by atoms with Gasteiger partial charge in [0.25, 0.3) is 5.56 Å². The van der Waals surface area contributed by atoms with Crippen molar-refractivity contribution in [3.8, 4) is 5.75 Å². The third-order valence-electron chi connectivity index (χ3n) is 7.09. The van der Waals surface area contributed by atoms with Crippen LogP contribution in [0.1, 0.15) is 50.2 Å². The number of hydrogen-bond donors (Lipinski definition) is 0. The van der Waals surface area contributed by atoms with E-state index < -0.39 is 17.3 Å². The van der Waals surface area contributed by atoms with Crippen LogP contribution in [0.25, 0.3) is 0 Å². The number of methoxy groups -OCH3 is 1. The lowest BCUT2D eigenvalue weighted by Crippen LogP contribution is -2.38. The maximum absolute atomic E-state index is 13.9. The summed E-state index contributed by atoms with van der Waals surface area (Å²) in [7, 11) is 1.52. The number of halogens is 3. The van der Waals surface area contributed by atoms with E-state index in [9.17, 15) is 22.8 Å². The van der Waals surface area contributed by atoms with Crippen LogP contribution in [-0.4, -0.2) is 66.1 Å². The van der Waals surface area contributed by atoms with Gasteiger partial charge in [0.05, 0.1) is 20.3 Å². The zero-order chi connectivity index (χ0) is 26.6. The Hall–Kier alpha value is -3.08. The van der Waals surface area contributed by atoms with E-state index in [1.165, 1.54) is 7.11 Å². The summed E-state index contributed by atoms with van der Waals surface area (Å²) in [6, 6.07) is 7.55. The highest BCUT2D eigenvalue weighted by Crippen LogP contribution is 2.34. The highest BCUT2D eigenvalue weighted by molar-refractivity contribution is 5.69. The van der Waals surface area contributed by atoms with Crippen molar-refractivity contribution in [3.05, 3.63) is 51.8 Å². The molecule has 2 aliphatic heterocycles. The Morgan fingerprint density at radius 1 is 1.16 bits per heavy atom. The molecule has 0 unspecified atom stereocenters. The van der Waals surface area contributed by atoms with Crippen molar-refractivity contribution in [1.29, 1.82) is 0 Å². The normalized spacial score (nSPS) is 20.4. The van der Waals surface area contributed by atoms with E-state index in [-0.39, 0.29) is 43.4 Å². The van der Waals surface area contributed by atoms with Gasteiger partial charge in [-0.25, -0.2) is 4.68 Å². The SMILES string of the molecule is CCOC(=O)CC[C@@H]1C[C@H](N2CCCC2)CN1c1cc(C(F)(F)F)c(=O)n(Cc2ccc(OC)cc2)n1. The molecule has 202 valence electrons. The van der Waals surface area contributed by atoms with Crippen molar-refractivity contribution in [3.63, 3.8) is 0 Å². The number of nitrogens with zero attached hydrogens (tertiary/aromatic N) is 4. The van der Waals surface area contributed by atoms with E-state index in [0.717, 1.165) is 36.7 Å². The van der Waals surface area contributed by atoms with Crippen LogP contribution in [0.5, 0.6) is 5.75 Å². The maximum Gasteiger partial charge on any atom is 0.421 e. The van der Waals surface area contributed by atoms with E-state index in [4.69, 9.17) is 9.47 Å². The molecule has 0 bridgehead atoms. The number of carbonyl (C=O) groups is 1. The van der Waals surface area contributed by atoms with Gasteiger partial charge in [-0.05, 0) is 63.4 Å². The number of anilines is 1. The van der Waals surface area contributed by atoms with Crippen LogP contribution < -0.4 is 15.2 Å². The lowest BCUT2D eigenvalue weighted by atomic mass is 10.1. The Labute approximate surface area is 214 Å². The van der Waals surface area contributed by atoms with Gasteiger partial charge in [-0.1, -0.05) is 12.1 Å². The maximum atomic E-state index is 13.9. The summed E-state index contributed by atoms with van der Waals surface area (Å²) in [5.74, 6) is 0.361. The molecule has 0 N–H and O–H groups in total. The van der Waals surface area contributed by atoms with Crippen LogP contribution in [-0.2, 0) is 22.3 Å². The molecule has 0 aliphatic carbocycles. The predicted molar refractivity (Wildman–Crippen MR) is 132 cm³/mol. The fourth-order valence-corrected chi connectivity index (χ4v) is 5.22. The second-order valence-electron chi connectivity index (χ2n) is 9.51. The van der Waals surface area contributed by atoms with Gasteiger partial charge >= 0.3 is 12.1 Å². The second-order valence-corrected chi connectivity index (χ2v) is 9.51. The van der Waals surface area contributed by atoms with Crippen LogP contribution in [0.4, 0.5) is 19.0 Å². The largest absolute Gasteiger partial charge is 0.497 e. The molecule has 11 heteroatoms. The highest BCUT2D eigenvalue weighted by atomic mass is 19.4. The lowest BCUT2D eigenvalue weighted by molar-refractivity contribution is -0.143. The van der Waals surface area contributed by atoms with Gasteiger partial charge in [0.1, 0.15) is 17.1 Å². The first kappa shape index (κ1) is 27.0. The molecule has 2 atom stereocenters. The van der Waals surface area contributed by atoms with E-state index in [1.807, 2.05) is 4.90 Å². The Balaban J connectivity index is 1.68. The van der Waals surface area contributed by atoms with E-state index in [0.29, 0.717) is 30.7 Å². The van der Waals surface area contributed by atoms with Crippen LogP contribution in [0.2, 0.25) is 0 Å². The van der Waals surface area contributed by atoms with Crippen LogP contribution in [0.3, 0.4) is 0 Å². The number of rotatable bonds is 9. The molecule has 2 fully saturated rings. The van der Waals surface area contributed by atoms with Crippen LogP contribution >= 0.6 is 0 Å². The second kappa shape index (κ2) is 11.5. The third-order valence-corrected chi connectivity index (χ3v) is 7.09. The minimum absolute atomic E-state index is 0.0935. The molecule has 0 spiro atoms. The van der Waals surface area contributed by atoms with Gasteiger partial charge in [0.2, 0.25) is 0 Å². The van der Waals surface area contributed by atoms with Crippen molar-refractivity contribution in [2.75, 3.05) is 38.3 Å². The molecule has 2 saturated heterocycles. The van der Waals surface area contributed by atoms with Gasteiger partial charge in [0, 0.05) is 31.1 Å². The summed E-state index contributed by atoms with van der Waals surface area (Å²) in [6.07, 6.45) is -1.34. The summed E-state index contributed by atoms with van der Waals surface area (Å²) in [5, 5.41) is 4.41. The smallest absolute Gasteiger partial charge is 0.421 e. The molecule has 0 amide bonds. The van der Waals surface area contributed by atoms with Crippen molar-refractivity contribution in [1.82, 2.24) is 14.7 Å². The number of carbonyl (C=O) groups excluding carboxylic acids is 1. The molecule has 2 aromatic rings. The predicted octanol–water partition coefficient (Wildman–Crippen LogP) is 3.71. The summed E-state index contributed by atoms with van der Waals surface area (Å²) in [5.41, 5.74) is -1.82. The molecule has 1 aromatic heterocycles. The first-order valence-corrected chi connectivity index (χ1v) is 12.7. The minimum atomic E-state index is -4.83. The molecule has 0 radical (unpaired) electrons. The number of hydrogen-bond acceptors (Lipinski definition) is 7. The van der Waals surface area contributed by atoms with Crippen LogP contribution in [0.15, 0.2) is 35.1 Å². The fourth-order valence-electron chi connectivity index (χ4n) is 5.22. The number of aromatic nitrogens is 2. The fraction of sp³-hybridized carbons (Fsp3) is 0.577. The molecule has 2 aliphatic rings. The Bertz CT molecular complexity index is 1130. The molecular formula is C26H33F3N4O4. The summed E-state index contributed by atoms with van der Waals surface area (Å²) < 4.78 is 52.9. The molecular weight excluding hydrogens is 489 g/mol. The number of benzene rings is 1. The van der Waals surface area contributed by atoms with E-state index in [2.05, 4.69) is 10.00 Å². The van der Waals surface area contributed by atoms with Gasteiger partial charge in [-0.3, -0.25) is 14.5 Å². The van der Waals surface area contributed by atoms with Gasteiger partial charge < -0.3 is 14.4 Å². The molecule has 37 heavy (non-hydrogen) atoms. The topological polar surface area (TPSA) is 76.9 Å². The standard InChI is InChI=1S/C26H33F3N4O4/c1-3-37-24(34)11-8-19-14-20(31-12-4-5-13-31)17-32(19)23-15-22(26(27,28)29)25(35)33(30-23)16-18-6-9-21(36-2)10-7-18/h6-7,9-10,15,19-20H,3-5,8,11-14,16-17H2,1-2H3/t19-,20+/m1/s1. The van der Waals surface area contributed by atoms with E-state index in [1.54, 1.807) is 31.2 Å². The monoisotopic (exact) mass is 522 g/mol. The minimum Gasteiger partial charge on any atom is -0.497 e. The van der Waals surface area contributed by atoms with E-state index >= 15 is 0 Å². The average Bonchev–Trinajstić information content (AvgIpc) is 3.54. The van der Waals surface area contributed by atoms with Crippen molar-refractivity contribution in [2.24, 2.45) is 0 Å². The lowest BCUT2D eigenvalue weighted by Gasteiger charge is -2.27. The quantitative estimate of drug-likeness (QED) is 0.465. The van der Waals surface area contributed by atoms with Crippen molar-refractivity contribution < 1.29 is 27.4 Å². The summed E-state index contributed by atoms with van der Waals surface area (Å²) >= 11 is 0. The van der Waals surface area contributed by atoms with Gasteiger partial charge in [-0.2, -0.15) is 18.3 Å². The first-order valence-electron chi connectivity index (χ1n) is 12.7. The van der Waals surface area contributed by atoms with Gasteiger partial charge in [0.15, 0.2) is 0 Å². The number of esters is 1. The van der Waals surface area contributed by atoms with Crippen LogP contribution in [0, 0.1) is 0 Å².